The molecule has 78 heavy (non-hydrogen) atoms. The molecule has 3 nitrogen and oxygen atoms in total. The van der Waals surface area contributed by atoms with Gasteiger partial charge in [0.05, 0.1) is 22.1 Å². The van der Waals surface area contributed by atoms with E-state index in [-0.39, 0.29) is 5.41 Å². The van der Waals surface area contributed by atoms with Gasteiger partial charge in [-0.2, -0.15) is 0 Å². The highest BCUT2D eigenvalue weighted by Gasteiger charge is 2.36. The molecule has 366 valence electrons. The van der Waals surface area contributed by atoms with Crippen LogP contribution in [-0.2, 0) is 5.41 Å². The van der Waals surface area contributed by atoms with E-state index in [1.807, 2.05) is 0 Å². The van der Waals surface area contributed by atoms with Crippen molar-refractivity contribution in [2.24, 2.45) is 0 Å². The zero-order valence-corrected chi connectivity index (χ0v) is 43.3. The Hall–Kier alpha value is -9.96. The molecule has 0 saturated heterocycles. The van der Waals surface area contributed by atoms with Crippen LogP contribution < -0.4 is 4.90 Å². The number of para-hydroxylation sites is 4. The second-order valence-corrected chi connectivity index (χ2v) is 21.7. The number of nitrogens with zero attached hydrogens (tertiary/aromatic N) is 3. The Morgan fingerprint density at radius 2 is 0.667 bits per heavy atom. The fraction of sp³-hybridized carbons (Fsp3) is 0.0400. The number of hydrogen-bond donors (Lipinski definition) is 0. The smallest absolute Gasteiger partial charge is 0.0561 e. The summed E-state index contributed by atoms with van der Waals surface area (Å²) < 4.78 is 4.78. The van der Waals surface area contributed by atoms with E-state index in [9.17, 15) is 0 Å². The van der Waals surface area contributed by atoms with Crippen molar-refractivity contribution in [3.63, 3.8) is 0 Å². The average molecular weight is 994 g/mol. The molecule has 0 bridgehead atoms. The highest BCUT2D eigenvalue weighted by molar-refractivity contribution is 6.26. The Kier molecular flexibility index (Phi) is 9.68. The van der Waals surface area contributed by atoms with E-state index >= 15 is 0 Å². The van der Waals surface area contributed by atoms with Crippen molar-refractivity contribution < 1.29 is 0 Å². The van der Waals surface area contributed by atoms with Gasteiger partial charge in [-0.1, -0.05) is 184 Å². The third kappa shape index (κ3) is 6.64. The van der Waals surface area contributed by atoms with Gasteiger partial charge in [0.15, 0.2) is 0 Å². The summed E-state index contributed by atoms with van der Waals surface area (Å²) in [6, 6.07) is 101. The minimum Gasteiger partial charge on any atom is -0.310 e. The third-order valence-electron chi connectivity index (χ3n) is 17.1. The lowest BCUT2D eigenvalue weighted by atomic mass is 9.80. The molecule has 15 aromatic rings. The van der Waals surface area contributed by atoms with Crippen LogP contribution in [0.1, 0.15) is 25.0 Å². The second-order valence-electron chi connectivity index (χ2n) is 21.7. The molecule has 3 heteroatoms. The lowest BCUT2D eigenvalue weighted by Crippen LogP contribution is -2.15. The summed E-state index contributed by atoms with van der Waals surface area (Å²) in [5.41, 5.74) is 20.3. The van der Waals surface area contributed by atoms with E-state index in [1.54, 1.807) is 0 Å². The Morgan fingerprint density at radius 3 is 1.26 bits per heavy atom. The van der Waals surface area contributed by atoms with Crippen molar-refractivity contribution in [3.8, 4) is 44.8 Å². The van der Waals surface area contributed by atoms with Gasteiger partial charge in [0.2, 0.25) is 0 Å². The van der Waals surface area contributed by atoms with Gasteiger partial charge in [0.25, 0.3) is 0 Å². The van der Waals surface area contributed by atoms with Crippen LogP contribution in [0.15, 0.2) is 273 Å². The summed E-state index contributed by atoms with van der Waals surface area (Å²) in [6.07, 6.45) is 0. The predicted octanol–water partition coefficient (Wildman–Crippen LogP) is 20.5. The van der Waals surface area contributed by atoms with E-state index in [0.29, 0.717) is 0 Å². The van der Waals surface area contributed by atoms with Crippen LogP contribution >= 0.6 is 0 Å². The molecule has 2 aromatic heterocycles. The van der Waals surface area contributed by atoms with Crippen LogP contribution in [0.2, 0.25) is 0 Å². The third-order valence-corrected chi connectivity index (χ3v) is 17.1. The number of rotatable bonds is 7. The molecule has 0 amide bonds. The minimum atomic E-state index is -0.182. The molecule has 0 fully saturated rings. The van der Waals surface area contributed by atoms with Gasteiger partial charge < -0.3 is 14.0 Å². The highest BCUT2D eigenvalue weighted by Crippen LogP contribution is 2.53. The fourth-order valence-electron chi connectivity index (χ4n) is 13.3. The first-order valence-corrected chi connectivity index (χ1v) is 27.2. The molecule has 13 aromatic carbocycles. The zero-order valence-electron chi connectivity index (χ0n) is 43.3. The summed E-state index contributed by atoms with van der Waals surface area (Å²) >= 11 is 0. The number of hydrogen-bond acceptors (Lipinski definition) is 1. The maximum atomic E-state index is 2.50. The van der Waals surface area contributed by atoms with Crippen molar-refractivity contribution in [1.82, 2.24) is 9.13 Å². The van der Waals surface area contributed by atoms with Crippen LogP contribution in [0.4, 0.5) is 17.1 Å². The predicted molar refractivity (Wildman–Crippen MR) is 331 cm³/mol. The molecule has 16 rings (SSSR count). The van der Waals surface area contributed by atoms with Crippen LogP contribution in [-0.4, -0.2) is 9.13 Å². The number of fused-ring (bicyclic) bond motifs is 15. The van der Waals surface area contributed by atoms with Crippen molar-refractivity contribution in [2.75, 3.05) is 4.90 Å². The first-order chi connectivity index (χ1) is 38.4. The molecule has 0 radical (unpaired) electrons. The number of benzene rings is 13. The van der Waals surface area contributed by atoms with Gasteiger partial charge >= 0.3 is 0 Å². The van der Waals surface area contributed by atoms with Gasteiger partial charge in [-0.25, -0.2) is 0 Å². The molecule has 1 aliphatic rings. The quantitative estimate of drug-likeness (QED) is 0.145. The van der Waals surface area contributed by atoms with Crippen LogP contribution in [0.3, 0.4) is 0 Å². The number of aromatic nitrogens is 2. The summed E-state index contributed by atoms with van der Waals surface area (Å²) in [5.74, 6) is 0. The van der Waals surface area contributed by atoms with Gasteiger partial charge in [-0.15, -0.1) is 0 Å². The first kappa shape index (κ1) is 44.3. The Bertz CT molecular complexity index is 4910. The molecular formula is C75H51N3. The summed E-state index contributed by atoms with van der Waals surface area (Å²) in [6.45, 7) is 4.80. The van der Waals surface area contributed by atoms with E-state index in [2.05, 4.69) is 301 Å². The lowest BCUT2D eigenvalue weighted by Gasteiger charge is -2.26. The van der Waals surface area contributed by atoms with Crippen LogP contribution in [0, 0.1) is 0 Å². The van der Waals surface area contributed by atoms with E-state index in [4.69, 9.17) is 0 Å². The molecular weight excluding hydrogens is 943 g/mol. The largest absolute Gasteiger partial charge is 0.310 e. The van der Waals surface area contributed by atoms with Crippen molar-refractivity contribution >= 4 is 93.0 Å². The topological polar surface area (TPSA) is 13.1 Å². The average Bonchev–Trinajstić information content (AvgIpc) is 4.24. The minimum absolute atomic E-state index is 0.182. The number of anilines is 3. The highest BCUT2D eigenvalue weighted by atomic mass is 15.1. The molecule has 2 heterocycles. The molecule has 0 unspecified atom stereocenters. The van der Waals surface area contributed by atoms with Gasteiger partial charge in [-0.3, -0.25) is 0 Å². The Balaban J connectivity index is 0.806. The second kappa shape index (κ2) is 17.0. The van der Waals surface area contributed by atoms with Crippen molar-refractivity contribution in [1.29, 1.82) is 0 Å². The maximum absolute atomic E-state index is 2.50. The fourth-order valence-corrected chi connectivity index (χ4v) is 13.3. The lowest BCUT2D eigenvalue weighted by molar-refractivity contribution is 0.661. The molecule has 0 N–H and O–H groups in total. The van der Waals surface area contributed by atoms with Crippen LogP contribution in [0.5, 0.6) is 0 Å². The van der Waals surface area contributed by atoms with E-state index in [1.165, 1.54) is 115 Å². The SMILES string of the molecule is CC1(C)c2cc(-c3ccc(N(c4ccc(-c5ccc6c(c5)c5ccccc5n6-c5ccccc5)cc4)c4ccc5c6ccccc6n(-c6ccccc6)c5c4)cc3)ccc2-c2cc3c4ccccc4c4ccccc4c3cc21. The normalized spacial score (nSPS) is 12.8. The van der Waals surface area contributed by atoms with Gasteiger partial charge in [0.1, 0.15) is 0 Å². The molecule has 0 aliphatic heterocycles. The van der Waals surface area contributed by atoms with Gasteiger partial charge in [-0.05, 0) is 180 Å². The first-order valence-electron chi connectivity index (χ1n) is 27.2. The zero-order chi connectivity index (χ0) is 51.6. The summed E-state index contributed by atoms with van der Waals surface area (Å²) in [4.78, 5) is 2.41. The van der Waals surface area contributed by atoms with E-state index < -0.39 is 0 Å². The molecule has 0 saturated carbocycles. The summed E-state index contributed by atoms with van der Waals surface area (Å²) in [5, 5.41) is 12.8. The maximum Gasteiger partial charge on any atom is 0.0561 e. The van der Waals surface area contributed by atoms with Crippen LogP contribution in [0.25, 0.3) is 121 Å². The molecule has 0 atom stereocenters. The van der Waals surface area contributed by atoms with E-state index in [0.717, 1.165) is 34.0 Å². The molecule has 1 aliphatic carbocycles. The monoisotopic (exact) mass is 993 g/mol. The Morgan fingerprint density at radius 1 is 0.256 bits per heavy atom. The molecule has 0 spiro atoms. The standard InChI is InChI=1S/C75H51N3/c1-75(2)69-44-51(33-40-61(69)67-46-65-59-23-11-9-21-57(59)58-22-10-12-24-60(58)66(65)47-70(67)75)49-31-37-55(38-32-49)76(56-39-41-64-62-25-13-15-27-71(62)78(74(64)45-56)53-19-7-4-8-20-53)54-35-29-48(30-36-54)50-34-42-73-68(43-50)63-26-14-16-28-72(63)77(73)52-17-5-3-6-18-52/h3-47H,1-2H3. The van der Waals surface area contributed by atoms with Crippen molar-refractivity contribution in [3.05, 3.63) is 284 Å². The van der Waals surface area contributed by atoms with Crippen molar-refractivity contribution in [2.45, 2.75) is 19.3 Å². The van der Waals surface area contributed by atoms with Gasteiger partial charge in [0, 0.05) is 55.4 Å². The summed E-state index contributed by atoms with van der Waals surface area (Å²) in [7, 11) is 0. The Labute approximate surface area is 452 Å².